The Kier molecular flexibility index (Phi) is 4.80. The van der Waals surface area contributed by atoms with Gasteiger partial charge in [-0.15, -0.1) is 0 Å². The van der Waals surface area contributed by atoms with Gasteiger partial charge in [-0.25, -0.2) is 4.98 Å². The fraction of sp³-hybridized carbons (Fsp3) is 0.400. The monoisotopic (exact) mass is 337 g/mol. The summed E-state index contributed by atoms with van der Waals surface area (Å²) in [6.07, 6.45) is 1.03. The first kappa shape index (κ1) is 17.1. The van der Waals surface area contributed by atoms with E-state index in [1.807, 2.05) is 32.0 Å². The molecule has 3 rings (SSSR count). The standard InChI is InChI=1S/C20H23N3O2/c1-13-10-19(22-14(2)17(13)11-21)23-9-8-15(12-23)16-6-5-7-18(24-3)20(16)25-4/h5-7,10,15H,8-9,12H2,1-4H3. The van der Waals surface area contributed by atoms with Crippen molar-refractivity contribution in [2.75, 3.05) is 32.2 Å². The summed E-state index contributed by atoms with van der Waals surface area (Å²) in [5.41, 5.74) is 3.62. The number of para-hydroxylation sites is 1. The summed E-state index contributed by atoms with van der Waals surface area (Å²) in [6.45, 7) is 5.67. The summed E-state index contributed by atoms with van der Waals surface area (Å²) in [6, 6.07) is 10.3. The van der Waals surface area contributed by atoms with Gasteiger partial charge in [0.1, 0.15) is 11.9 Å². The van der Waals surface area contributed by atoms with Crippen molar-refractivity contribution in [2.24, 2.45) is 0 Å². The average molecular weight is 337 g/mol. The predicted octanol–water partition coefficient (Wildman–Crippen LogP) is 3.58. The zero-order valence-corrected chi connectivity index (χ0v) is 15.2. The number of benzene rings is 1. The van der Waals surface area contributed by atoms with Gasteiger partial charge in [0.2, 0.25) is 0 Å². The highest BCUT2D eigenvalue weighted by atomic mass is 16.5. The third-order valence-corrected chi connectivity index (χ3v) is 4.88. The third-order valence-electron chi connectivity index (χ3n) is 4.88. The van der Waals surface area contributed by atoms with Crippen LogP contribution in [0.2, 0.25) is 0 Å². The van der Waals surface area contributed by atoms with E-state index in [9.17, 15) is 5.26 Å². The molecule has 2 aromatic rings. The highest BCUT2D eigenvalue weighted by Gasteiger charge is 2.28. The fourth-order valence-electron chi connectivity index (χ4n) is 3.60. The molecule has 1 aromatic carbocycles. The first-order chi connectivity index (χ1) is 12.1. The summed E-state index contributed by atoms with van der Waals surface area (Å²) in [5, 5.41) is 9.22. The van der Waals surface area contributed by atoms with Gasteiger partial charge in [0.05, 0.1) is 25.5 Å². The first-order valence-electron chi connectivity index (χ1n) is 8.43. The zero-order valence-electron chi connectivity index (χ0n) is 15.2. The zero-order chi connectivity index (χ0) is 18.0. The molecule has 0 amide bonds. The molecule has 1 unspecified atom stereocenters. The van der Waals surface area contributed by atoms with Gasteiger partial charge in [-0.1, -0.05) is 12.1 Å². The first-order valence-corrected chi connectivity index (χ1v) is 8.43. The van der Waals surface area contributed by atoms with Crippen LogP contribution in [0.3, 0.4) is 0 Å². The molecule has 0 N–H and O–H groups in total. The Morgan fingerprint density at radius 2 is 2.04 bits per heavy atom. The third kappa shape index (κ3) is 3.12. The largest absolute Gasteiger partial charge is 0.493 e. The summed E-state index contributed by atoms with van der Waals surface area (Å²) in [5.74, 6) is 2.89. The van der Waals surface area contributed by atoms with Crippen LogP contribution in [0.5, 0.6) is 11.5 Å². The van der Waals surface area contributed by atoms with Crippen LogP contribution in [0.1, 0.15) is 34.7 Å². The minimum Gasteiger partial charge on any atom is -0.493 e. The van der Waals surface area contributed by atoms with E-state index < -0.39 is 0 Å². The summed E-state index contributed by atoms with van der Waals surface area (Å²) >= 11 is 0. The van der Waals surface area contributed by atoms with Crippen LogP contribution in [0, 0.1) is 25.2 Å². The van der Waals surface area contributed by atoms with Crippen molar-refractivity contribution in [1.29, 1.82) is 5.26 Å². The molecule has 1 aliphatic heterocycles. The molecular weight excluding hydrogens is 314 g/mol. The molecule has 1 atom stereocenters. The molecule has 0 spiro atoms. The second-order valence-corrected chi connectivity index (χ2v) is 6.38. The van der Waals surface area contributed by atoms with Crippen LogP contribution in [0.25, 0.3) is 0 Å². The van der Waals surface area contributed by atoms with Crippen molar-refractivity contribution in [2.45, 2.75) is 26.2 Å². The van der Waals surface area contributed by atoms with Gasteiger partial charge < -0.3 is 14.4 Å². The number of nitrogens with zero attached hydrogens (tertiary/aromatic N) is 3. The predicted molar refractivity (Wildman–Crippen MR) is 97.5 cm³/mol. The van der Waals surface area contributed by atoms with Crippen molar-refractivity contribution in [3.8, 4) is 17.6 Å². The van der Waals surface area contributed by atoms with Gasteiger partial charge in [-0.05, 0) is 38.0 Å². The minimum absolute atomic E-state index is 0.364. The fourth-order valence-corrected chi connectivity index (χ4v) is 3.60. The lowest BCUT2D eigenvalue weighted by molar-refractivity contribution is 0.350. The molecule has 25 heavy (non-hydrogen) atoms. The highest BCUT2D eigenvalue weighted by Crippen LogP contribution is 2.40. The summed E-state index contributed by atoms with van der Waals surface area (Å²) in [4.78, 5) is 6.92. The van der Waals surface area contributed by atoms with Crippen molar-refractivity contribution in [3.05, 3.63) is 46.6 Å². The maximum absolute atomic E-state index is 9.22. The SMILES string of the molecule is COc1cccc(C2CCN(c3cc(C)c(C#N)c(C)n3)C2)c1OC. The molecule has 2 heterocycles. The molecule has 1 aromatic heterocycles. The van der Waals surface area contributed by atoms with E-state index in [4.69, 9.17) is 9.47 Å². The van der Waals surface area contributed by atoms with Crippen LogP contribution in [0.15, 0.2) is 24.3 Å². The summed E-state index contributed by atoms with van der Waals surface area (Å²) in [7, 11) is 3.35. The van der Waals surface area contributed by atoms with Crippen molar-refractivity contribution in [3.63, 3.8) is 0 Å². The summed E-state index contributed by atoms with van der Waals surface area (Å²) < 4.78 is 11.0. The Morgan fingerprint density at radius 1 is 1.24 bits per heavy atom. The average Bonchev–Trinajstić information content (AvgIpc) is 3.10. The highest BCUT2D eigenvalue weighted by molar-refractivity contribution is 5.53. The molecule has 0 bridgehead atoms. The number of hydrogen-bond acceptors (Lipinski definition) is 5. The Bertz CT molecular complexity index is 803. The minimum atomic E-state index is 0.364. The number of methoxy groups -OCH3 is 2. The maximum atomic E-state index is 9.22. The van der Waals surface area contributed by atoms with Gasteiger partial charge in [-0.3, -0.25) is 0 Å². The number of pyridine rings is 1. The van der Waals surface area contributed by atoms with Crippen molar-refractivity contribution in [1.82, 2.24) is 4.98 Å². The lowest BCUT2D eigenvalue weighted by Gasteiger charge is -2.20. The van der Waals surface area contributed by atoms with Crippen molar-refractivity contribution >= 4 is 5.82 Å². The van der Waals surface area contributed by atoms with Crippen LogP contribution in [0.4, 0.5) is 5.82 Å². The lowest BCUT2D eigenvalue weighted by Crippen LogP contribution is -2.21. The van der Waals surface area contributed by atoms with E-state index in [1.54, 1.807) is 14.2 Å². The Morgan fingerprint density at radius 3 is 2.68 bits per heavy atom. The van der Waals surface area contributed by atoms with E-state index in [2.05, 4.69) is 22.0 Å². The van der Waals surface area contributed by atoms with E-state index in [0.29, 0.717) is 11.5 Å². The number of nitriles is 1. The van der Waals surface area contributed by atoms with Gasteiger partial charge >= 0.3 is 0 Å². The van der Waals surface area contributed by atoms with E-state index in [-0.39, 0.29) is 0 Å². The lowest BCUT2D eigenvalue weighted by atomic mass is 9.97. The van der Waals surface area contributed by atoms with Gasteiger partial charge in [0.25, 0.3) is 0 Å². The molecule has 5 heteroatoms. The van der Waals surface area contributed by atoms with Gasteiger partial charge in [0.15, 0.2) is 11.5 Å². The molecular formula is C20H23N3O2. The van der Waals surface area contributed by atoms with E-state index in [0.717, 1.165) is 48.1 Å². The topological polar surface area (TPSA) is 58.4 Å². The quantitative estimate of drug-likeness (QED) is 0.853. The van der Waals surface area contributed by atoms with Crippen molar-refractivity contribution < 1.29 is 9.47 Å². The van der Waals surface area contributed by atoms with E-state index in [1.165, 1.54) is 5.56 Å². The number of anilines is 1. The Balaban J connectivity index is 1.87. The van der Waals surface area contributed by atoms with Crippen LogP contribution in [-0.4, -0.2) is 32.3 Å². The van der Waals surface area contributed by atoms with Crippen LogP contribution >= 0.6 is 0 Å². The van der Waals surface area contributed by atoms with E-state index >= 15 is 0 Å². The van der Waals surface area contributed by atoms with Gasteiger partial charge in [0, 0.05) is 24.6 Å². The smallest absolute Gasteiger partial charge is 0.164 e. The van der Waals surface area contributed by atoms with Crippen LogP contribution < -0.4 is 14.4 Å². The molecule has 0 saturated carbocycles. The normalized spacial score (nSPS) is 16.6. The Labute approximate surface area is 148 Å². The molecule has 1 fully saturated rings. The Hall–Kier alpha value is -2.74. The number of hydrogen-bond donors (Lipinski definition) is 0. The number of aromatic nitrogens is 1. The number of rotatable bonds is 4. The second kappa shape index (κ2) is 7.02. The molecule has 0 aliphatic carbocycles. The van der Waals surface area contributed by atoms with Gasteiger partial charge in [-0.2, -0.15) is 5.26 Å². The number of ether oxygens (including phenoxy) is 2. The molecule has 5 nitrogen and oxygen atoms in total. The van der Waals surface area contributed by atoms with Crippen LogP contribution in [-0.2, 0) is 0 Å². The number of aryl methyl sites for hydroxylation is 2. The molecule has 1 aliphatic rings. The molecule has 0 radical (unpaired) electrons. The molecule has 1 saturated heterocycles. The molecule has 130 valence electrons. The maximum Gasteiger partial charge on any atom is 0.164 e. The second-order valence-electron chi connectivity index (χ2n) is 6.38.